The first-order valence-corrected chi connectivity index (χ1v) is 7.28. The lowest BCUT2D eigenvalue weighted by Gasteiger charge is -2.27. The molecule has 0 spiro atoms. The van der Waals surface area contributed by atoms with Gasteiger partial charge in [0, 0.05) is 24.1 Å². The molecule has 1 heterocycles. The zero-order chi connectivity index (χ0) is 13.7. The number of hydrogen-bond acceptors (Lipinski definition) is 3. The number of ether oxygens (including phenoxy) is 2. The van der Waals surface area contributed by atoms with Crippen LogP contribution in [-0.4, -0.2) is 26.4 Å². The Kier molecular flexibility index (Phi) is 5.23. The Balaban J connectivity index is 2.22. The smallest absolute Gasteiger partial charge is 0.124 e. The Morgan fingerprint density at radius 3 is 2.84 bits per heavy atom. The van der Waals surface area contributed by atoms with Crippen LogP contribution in [0.4, 0.5) is 0 Å². The molecule has 19 heavy (non-hydrogen) atoms. The van der Waals surface area contributed by atoms with Gasteiger partial charge in [-0.25, -0.2) is 0 Å². The largest absolute Gasteiger partial charge is 0.493 e. The molecule has 106 valence electrons. The third-order valence-corrected chi connectivity index (χ3v) is 3.89. The minimum absolute atomic E-state index is 0.297. The lowest BCUT2D eigenvalue weighted by Crippen LogP contribution is -2.29. The van der Waals surface area contributed by atoms with Crippen molar-refractivity contribution >= 4 is 0 Å². The van der Waals surface area contributed by atoms with Crippen LogP contribution >= 0.6 is 0 Å². The second kappa shape index (κ2) is 6.92. The van der Waals surface area contributed by atoms with Crippen molar-refractivity contribution in [3.05, 3.63) is 29.8 Å². The molecule has 1 aromatic rings. The van der Waals surface area contributed by atoms with Crippen molar-refractivity contribution in [1.29, 1.82) is 0 Å². The van der Waals surface area contributed by atoms with Crippen molar-refractivity contribution in [2.75, 3.05) is 20.3 Å². The van der Waals surface area contributed by atoms with Gasteiger partial charge in [-0.15, -0.1) is 0 Å². The predicted octanol–water partition coefficient (Wildman–Crippen LogP) is 3.16. The van der Waals surface area contributed by atoms with E-state index in [-0.39, 0.29) is 0 Å². The quantitative estimate of drug-likeness (QED) is 0.855. The van der Waals surface area contributed by atoms with Crippen LogP contribution < -0.4 is 10.1 Å². The molecule has 3 atom stereocenters. The first-order chi connectivity index (χ1) is 9.27. The number of hydrogen-bond donors (Lipinski definition) is 1. The Labute approximate surface area is 116 Å². The summed E-state index contributed by atoms with van der Waals surface area (Å²) in [6, 6.07) is 8.65. The molecule has 1 aromatic carbocycles. The van der Waals surface area contributed by atoms with Crippen LogP contribution in [0.2, 0.25) is 0 Å². The first-order valence-electron chi connectivity index (χ1n) is 7.28. The number of nitrogens with one attached hydrogen (secondary N) is 1. The molecule has 1 aliphatic heterocycles. The molecule has 0 aromatic heterocycles. The van der Waals surface area contributed by atoms with E-state index < -0.39 is 0 Å². The van der Waals surface area contributed by atoms with Crippen LogP contribution in [0, 0.1) is 5.92 Å². The van der Waals surface area contributed by atoms with Gasteiger partial charge in [0.15, 0.2) is 0 Å². The molecule has 0 saturated carbocycles. The van der Waals surface area contributed by atoms with Gasteiger partial charge < -0.3 is 14.8 Å². The zero-order valence-electron chi connectivity index (χ0n) is 12.2. The SMILES string of the molecule is CCCOc1ccccc1C(NC)C1CCOC1C. The van der Waals surface area contributed by atoms with Crippen LogP contribution in [-0.2, 0) is 4.74 Å². The van der Waals surface area contributed by atoms with Crippen molar-refractivity contribution < 1.29 is 9.47 Å². The third kappa shape index (κ3) is 3.28. The van der Waals surface area contributed by atoms with E-state index in [1.54, 1.807) is 0 Å². The van der Waals surface area contributed by atoms with Crippen molar-refractivity contribution in [2.24, 2.45) is 5.92 Å². The summed E-state index contributed by atoms with van der Waals surface area (Å²) in [5.41, 5.74) is 1.25. The molecular weight excluding hydrogens is 238 g/mol. The zero-order valence-corrected chi connectivity index (χ0v) is 12.2. The summed E-state index contributed by atoms with van der Waals surface area (Å²) in [6.45, 7) is 5.93. The molecule has 0 amide bonds. The second-order valence-corrected chi connectivity index (χ2v) is 5.18. The molecule has 3 heteroatoms. The molecule has 1 aliphatic rings. The maximum atomic E-state index is 5.88. The number of rotatable bonds is 6. The Morgan fingerprint density at radius 2 is 2.21 bits per heavy atom. The van der Waals surface area contributed by atoms with Gasteiger partial charge in [-0.05, 0) is 32.9 Å². The average Bonchev–Trinajstić information content (AvgIpc) is 2.85. The molecule has 3 nitrogen and oxygen atoms in total. The standard InChI is InChI=1S/C16H25NO2/c1-4-10-19-15-8-6-5-7-14(15)16(17-3)13-9-11-18-12(13)2/h5-8,12-13,16-17H,4,9-11H2,1-3H3. The van der Waals surface area contributed by atoms with Gasteiger partial charge >= 0.3 is 0 Å². The summed E-state index contributed by atoms with van der Waals surface area (Å²) in [5, 5.41) is 3.45. The second-order valence-electron chi connectivity index (χ2n) is 5.18. The van der Waals surface area contributed by atoms with Crippen molar-refractivity contribution in [1.82, 2.24) is 5.32 Å². The minimum atomic E-state index is 0.297. The predicted molar refractivity (Wildman–Crippen MR) is 77.5 cm³/mol. The van der Waals surface area contributed by atoms with Gasteiger partial charge in [0.1, 0.15) is 5.75 Å². The van der Waals surface area contributed by atoms with Gasteiger partial charge in [0.05, 0.1) is 12.7 Å². The van der Waals surface area contributed by atoms with E-state index in [0.717, 1.165) is 31.8 Å². The van der Waals surface area contributed by atoms with Crippen LogP contribution in [0.5, 0.6) is 5.75 Å². The summed E-state index contributed by atoms with van der Waals surface area (Å²) in [6.07, 6.45) is 2.44. The van der Waals surface area contributed by atoms with E-state index in [9.17, 15) is 0 Å². The highest BCUT2D eigenvalue weighted by molar-refractivity contribution is 5.36. The highest BCUT2D eigenvalue weighted by atomic mass is 16.5. The molecule has 0 radical (unpaired) electrons. The van der Waals surface area contributed by atoms with E-state index in [1.807, 2.05) is 13.1 Å². The molecule has 1 saturated heterocycles. The highest BCUT2D eigenvalue weighted by Gasteiger charge is 2.33. The first kappa shape index (κ1) is 14.4. The van der Waals surface area contributed by atoms with E-state index >= 15 is 0 Å². The fourth-order valence-corrected chi connectivity index (χ4v) is 2.87. The Bertz CT molecular complexity index is 394. The van der Waals surface area contributed by atoms with Gasteiger partial charge in [-0.2, -0.15) is 0 Å². The molecule has 1 N–H and O–H groups in total. The molecule has 2 rings (SSSR count). The summed E-state index contributed by atoms with van der Waals surface area (Å²) in [7, 11) is 2.02. The molecule has 3 unspecified atom stereocenters. The maximum absolute atomic E-state index is 5.88. The van der Waals surface area contributed by atoms with Crippen LogP contribution in [0.15, 0.2) is 24.3 Å². The normalized spacial score (nSPS) is 24.4. The summed E-state index contributed by atoms with van der Waals surface area (Å²) >= 11 is 0. The Hall–Kier alpha value is -1.06. The fraction of sp³-hybridized carbons (Fsp3) is 0.625. The molecular formula is C16H25NO2. The topological polar surface area (TPSA) is 30.5 Å². The van der Waals surface area contributed by atoms with E-state index in [1.165, 1.54) is 5.56 Å². The molecule has 0 aliphatic carbocycles. The van der Waals surface area contributed by atoms with E-state index in [2.05, 4.69) is 37.4 Å². The van der Waals surface area contributed by atoms with Crippen molar-refractivity contribution in [2.45, 2.75) is 38.8 Å². The number of para-hydroxylation sites is 1. The molecule has 1 fully saturated rings. The van der Waals surface area contributed by atoms with Gasteiger partial charge in [-0.3, -0.25) is 0 Å². The van der Waals surface area contributed by atoms with Crippen LogP contribution in [0.25, 0.3) is 0 Å². The Morgan fingerprint density at radius 1 is 1.42 bits per heavy atom. The maximum Gasteiger partial charge on any atom is 0.124 e. The van der Waals surface area contributed by atoms with Gasteiger partial charge in [0.25, 0.3) is 0 Å². The minimum Gasteiger partial charge on any atom is -0.493 e. The fourth-order valence-electron chi connectivity index (χ4n) is 2.87. The number of benzene rings is 1. The summed E-state index contributed by atoms with van der Waals surface area (Å²) in [5.74, 6) is 1.51. The van der Waals surface area contributed by atoms with Crippen LogP contribution in [0.1, 0.15) is 38.3 Å². The van der Waals surface area contributed by atoms with Crippen LogP contribution in [0.3, 0.4) is 0 Å². The third-order valence-electron chi connectivity index (χ3n) is 3.89. The summed E-state index contributed by atoms with van der Waals surface area (Å²) < 4.78 is 11.6. The van der Waals surface area contributed by atoms with Gasteiger partial charge in [-0.1, -0.05) is 25.1 Å². The highest BCUT2D eigenvalue weighted by Crippen LogP contribution is 2.36. The molecule has 0 bridgehead atoms. The lowest BCUT2D eigenvalue weighted by atomic mass is 9.88. The van der Waals surface area contributed by atoms with E-state index in [0.29, 0.717) is 18.1 Å². The average molecular weight is 263 g/mol. The lowest BCUT2D eigenvalue weighted by molar-refractivity contribution is 0.0959. The van der Waals surface area contributed by atoms with Gasteiger partial charge in [0.2, 0.25) is 0 Å². The van der Waals surface area contributed by atoms with Crippen molar-refractivity contribution in [3.8, 4) is 5.75 Å². The monoisotopic (exact) mass is 263 g/mol. The van der Waals surface area contributed by atoms with E-state index in [4.69, 9.17) is 9.47 Å². The van der Waals surface area contributed by atoms with Crippen molar-refractivity contribution in [3.63, 3.8) is 0 Å². The summed E-state index contributed by atoms with van der Waals surface area (Å²) in [4.78, 5) is 0.